The predicted octanol–water partition coefficient (Wildman–Crippen LogP) is 4.79. The summed E-state index contributed by atoms with van der Waals surface area (Å²) in [6.45, 7) is 2.25. The van der Waals surface area contributed by atoms with Gasteiger partial charge in [0.1, 0.15) is 5.75 Å². The fourth-order valence-corrected chi connectivity index (χ4v) is 3.63. The van der Waals surface area contributed by atoms with Gasteiger partial charge in [0.15, 0.2) is 0 Å². The van der Waals surface area contributed by atoms with E-state index in [0.717, 1.165) is 0 Å². The molecule has 3 aromatic rings. The first-order valence-corrected chi connectivity index (χ1v) is 10.1. The molecule has 4 rings (SSSR count). The number of carbonyl (C=O) groups excluding carboxylic acids is 3. The van der Waals surface area contributed by atoms with E-state index in [1.165, 1.54) is 4.90 Å². The van der Waals surface area contributed by atoms with E-state index in [0.29, 0.717) is 39.8 Å². The van der Waals surface area contributed by atoms with Crippen LogP contribution in [0.25, 0.3) is 0 Å². The first kappa shape index (κ1) is 20.6. The predicted molar refractivity (Wildman–Crippen MR) is 118 cm³/mol. The number of imide groups is 1. The Kier molecular flexibility index (Phi) is 5.73. The van der Waals surface area contributed by atoms with Crippen molar-refractivity contribution in [2.45, 2.75) is 13.5 Å². The van der Waals surface area contributed by atoms with Gasteiger partial charge in [0.25, 0.3) is 17.7 Å². The number of carbonyl (C=O) groups is 3. The molecule has 1 aliphatic heterocycles. The van der Waals surface area contributed by atoms with Gasteiger partial charge in [0.05, 0.1) is 40.6 Å². The Morgan fingerprint density at radius 1 is 0.968 bits per heavy atom. The SMILES string of the molecule is CCOc1ccc(CN2C(=O)c3ccccc3C2=O)cc1C(=O)Nc1ccccc1Cl. The van der Waals surface area contributed by atoms with Crippen LogP contribution in [0.4, 0.5) is 5.69 Å². The second-order valence-electron chi connectivity index (χ2n) is 6.94. The fourth-order valence-electron chi connectivity index (χ4n) is 3.45. The van der Waals surface area contributed by atoms with E-state index in [1.807, 2.05) is 6.92 Å². The van der Waals surface area contributed by atoms with Crippen LogP contribution in [0.2, 0.25) is 5.02 Å². The lowest BCUT2D eigenvalue weighted by Gasteiger charge is -2.16. The van der Waals surface area contributed by atoms with Crippen molar-refractivity contribution in [1.82, 2.24) is 4.90 Å². The molecule has 156 valence electrons. The van der Waals surface area contributed by atoms with Crippen molar-refractivity contribution in [3.05, 3.63) is 94.0 Å². The van der Waals surface area contributed by atoms with Crippen LogP contribution in [-0.4, -0.2) is 29.2 Å². The van der Waals surface area contributed by atoms with Crippen LogP contribution in [0.1, 0.15) is 43.6 Å². The molecule has 1 aliphatic rings. The quantitative estimate of drug-likeness (QED) is 0.566. The molecule has 3 amide bonds. The van der Waals surface area contributed by atoms with Crippen molar-refractivity contribution < 1.29 is 19.1 Å². The van der Waals surface area contributed by atoms with Gasteiger partial charge in [0.2, 0.25) is 0 Å². The molecule has 6 nitrogen and oxygen atoms in total. The number of anilines is 1. The Balaban J connectivity index is 1.62. The number of hydrogen-bond donors (Lipinski definition) is 1. The Labute approximate surface area is 184 Å². The van der Waals surface area contributed by atoms with Crippen LogP contribution in [0.5, 0.6) is 5.75 Å². The number of nitrogens with one attached hydrogen (secondary N) is 1. The average molecular weight is 435 g/mol. The molecule has 1 N–H and O–H groups in total. The smallest absolute Gasteiger partial charge is 0.261 e. The lowest BCUT2D eigenvalue weighted by Crippen LogP contribution is -2.29. The zero-order valence-corrected chi connectivity index (χ0v) is 17.5. The lowest BCUT2D eigenvalue weighted by molar-refractivity contribution is 0.0642. The molecular formula is C24H19ClN2O4. The van der Waals surface area contributed by atoms with Crippen LogP contribution < -0.4 is 10.1 Å². The van der Waals surface area contributed by atoms with Gasteiger partial charge in [-0.15, -0.1) is 0 Å². The summed E-state index contributed by atoms with van der Waals surface area (Å²) in [7, 11) is 0. The number of halogens is 1. The molecule has 0 aliphatic carbocycles. The first-order valence-electron chi connectivity index (χ1n) is 9.76. The number of fused-ring (bicyclic) bond motifs is 1. The Morgan fingerprint density at radius 2 is 1.61 bits per heavy atom. The summed E-state index contributed by atoms with van der Waals surface area (Å²) in [5, 5.41) is 3.19. The van der Waals surface area contributed by atoms with Crippen LogP contribution in [0.3, 0.4) is 0 Å². The maximum atomic E-state index is 13.0. The van der Waals surface area contributed by atoms with Gasteiger partial charge in [-0.3, -0.25) is 19.3 Å². The third kappa shape index (κ3) is 4.02. The van der Waals surface area contributed by atoms with Gasteiger partial charge in [-0.25, -0.2) is 0 Å². The third-order valence-electron chi connectivity index (χ3n) is 4.93. The summed E-state index contributed by atoms with van der Waals surface area (Å²) in [6, 6.07) is 18.7. The van der Waals surface area contributed by atoms with E-state index in [-0.39, 0.29) is 23.9 Å². The van der Waals surface area contributed by atoms with Gasteiger partial charge < -0.3 is 10.1 Å². The zero-order chi connectivity index (χ0) is 22.0. The molecule has 0 radical (unpaired) electrons. The minimum Gasteiger partial charge on any atom is -0.493 e. The average Bonchev–Trinajstić information content (AvgIpc) is 3.01. The Morgan fingerprint density at radius 3 is 2.26 bits per heavy atom. The molecule has 0 atom stereocenters. The normalized spacial score (nSPS) is 12.6. The molecule has 1 heterocycles. The van der Waals surface area contributed by atoms with E-state index in [1.54, 1.807) is 66.7 Å². The monoisotopic (exact) mass is 434 g/mol. The van der Waals surface area contributed by atoms with Crippen LogP contribution >= 0.6 is 11.6 Å². The Hall–Kier alpha value is -3.64. The highest BCUT2D eigenvalue weighted by molar-refractivity contribution is 6.34. The number of hydrogen-bond acceptors (Lipinski definition) is 4. The highest BCUT2D eigenvalue weighted by Crippen LogP contribution is 2.28. The number of para-hydroxylation sites is 1. The van der Waals surface area contributed by atoms with Crippen molar-refractivity contribution in [2.24, 2.45) is 0 Å². The van der Waals surface area contributed by atoms with Crippen molar-refractivity contribution in [2.75, 3.05) is 11.9 Å². The number of rotatable bonds is 6. The number of amides is 3. The molecule has 0 saturated carbocycles. The highest BCUT2D eigenvalue weighted by Gasteiger charge is 2.35. The van der Waals surface area contributed by atoms with Crippen molar-refractivity contribution in [3.8, 4) is 5.75 Å². The summed E-state index contributed by atoms with van der Waals surface area (Å²) in [6.07, 6.45) is 0. The maximum Gasteiger partial charge on any atom is 0.261 e. The highest BCUT2D eigenvalue weighted by atomic mass is 35.5. The number of benzene rings is 3. The fraction of sp³-hybridized carbons (Fsp3) is 0.125. The van der Waals surface area contributed by atoms with Crippen molar-refractivity contribution in [1.29, 1.82) is 0 Å². The summed E-state index contributed by atoms with van der Waals surface area (Å²) in [4.78, 5) is 39.5. The van der Waals surface area contributed by atoms with E-state index >= 15 is 0 Å². The van der Waals surface area contributed by atoms with Gasteiger partial charge in [-0.1, -0.05) is 41.9 Å². The standard InChI is InChI=1S/C24H19ClN2O4/c1-2-31-21-12-11-15(13-18(21)22(28)26-20-10-6-5-9-19(20)25)14-27-23(29)16-7-3-4-8-17(16)24(27)30/h3-13H,2,14H2,1H3,(H,26,28). The second kappa shape index (κ2) is 8.62. The minimum atomic E-state index is -0.402. The maximum absolute atomic E-state index is 13.0. The van der Waals surface area contributed by atoms with Crippen molar-refractivity contribution >= 4 is 35.0 Å². The molecule has 3 aromatic carbocycles. The molecule has 0 spiro atoms. The lowest BCUT2D eigenvalue weighted by atomic mass is 10.1. The van der Waals surface area contributed by atoms with Gasteiger partial charge in [-0.05, 0) is 48.9 Å². The van der Waals surface area contributed by atoms with Gasteiger partial charge in [-0.2, -0.15) is 0 Å². The third-order valence-corrected chi connectivity index (χ3v) is 5.26. The summed E-state index contributed by atoms with van der Waals surface area (Å²) in [5.41, 5.74) is 2.16. The molecule has 0 aromatic heterocycles. The molecule has 7 heteroatoms. The van der Waals surface area contributed by atoms with Crippen LogP contribution in [0, 0.1) is 0 Å². The summed E-state index contributed by atoms with van der Waals surface area (Å²) < 4.78 is 5.60. The number of ether oxygens (including phenoxy) is 1. The summed E-state index contributed by atoms with van der Waals surface area (Å²) in [5.74, 6) is -0.702. The first-order chi connectivity index (χ1) is 15.0. The van der Waals surface area contributed by atoms with Gasteiger partial charge in [0, 0.05) is 0 Å². The molecular weight excluding hydrogens is 416 g/mol. The van der Waals surface area contributed by atoms with Crippen molar-refractivity contribution in [3.63, 3.8) is 0 Å². The topological polar surface area (TPSA) is 75.7 Å². The van der Waals surface area contributed by atoms with E-state index in [4.69, 9.17) is 16.3 Å². The molecule has 0 unspecified atom stereocenters. The summed E-state index contributed by atoms with van der Waals surface area (Å²) >= 11 is 6.15. The van der Waals surface area contributed by atoms with E-state index < -0.39 is 5.91 Å². The Bertz CT molecular complexity index is 1160. The second-order valence-corrected chi connectivity index (χ2v) is 7.35. The van der Waals surface area contributed by atoms with Crippen LogP contribution in [-0.2, 0) is 6.54 Å². The van der Waals surface area contributed by atoms with E-state index in [2.05, 4.69) is 5.32 Å². The molecule has 0 saturated heterocycles. The largest absolute Gasteiger partial charge is 0.493 e. The zero-order valence-electron chi connectivity index (χ0n) is 16.7. The minimum absolute atomic E-state index is 0.0468. The molecule has 0 bridgehead atoms. The van der Waals surface area contributed by atoms with Gasteiger partial charge >= 0.3 is 0 Å². The van der Waals surface area contributed by atoms with E-state index in [9.17, 15) is 14.4 Å². The van der Waals surface area contributed by atoms with Crippen LogP contribution in [0.15, 0.2) is 66.7 Å². The molecule has 31 heavy (non-hydrogen) atoms. The number of nitrogens with zero attached hydrogens (tertiary/aromatic N) is 1. The molecule has 0 fully saturated rings.